The highest BCUT2D eigenvalue weighted by molar-refractivity contribution is 5.82. The lowest BCUT2D eigenvalue weighted by atomic mass is 9.98. The molecule has 0 unspecified atom stereocenters. The second kappa shape index (κ2) is 6.86. The molecule has 1 heterocycles. The fraction of sp³-hybridized carbons (Fsp3) is 0.227. The van der Waals surface area contributed by atoms with Crippen LogP contribution in [0.15, 0.2) is 57.7 Å². The van der Waals surface area contributed by atoms with E-state index >= 15 is 0 Å². The molecule has 2 aromatic carbocycles. The van der Waals surface area contributed by atoms with Crippen LogP contribution >= 0.6 is 0 Å². The first-order valence-corrected chi connectivity index (χ1v) is 8.31. The van der Waals surface area contributed by atoms with E-state index < -0.39 is 0 Å². The van der Waals surface area contributed by atoms with E-state index in [1.807, 2.05) is 44.4 Å². The third-order valence-electron chi connectivity index (χ3n) is 4.13. The topological polar surface area (TPSA) is 33.5 Å². The van der Waals surface area contributed by atoms with Crippen LogP contribution in [0.2, 0.25) is 0 Å². The van der Waals surface area contributed by atoms with E-state index in [-0.39, 0.29) is 11.5 Å². The average molecular weight is 331 g/mol. The van der Waals surface area contributed by atoms with Gasteiger partial charge in [-0.15, -0.1) is 0 Å². The summed E-state index contributed by atoms with van der Waals surface area (Å²) in [7, 11) is 4.03. The highest BCUT2D eigenvalue weighted by Gasteiger charge is 2.09. The minimum Gasteiger partial charge on any atom is -0.423 e. The second-order valence-electron chi connectivity index (χ2n) is 6.58. The van der Waals surface area contributed by atoms with E-state index in [2.05, 4.69) is 42.7 Å². The molecule has 3 aromatic rings. The van der Waals surface area contributed by atoms with Crippen molar-refractivity contribution in [3.8, 4) is 11.8 Å². The van der Waals surface area contributed by atoms with Crippen LogP contribution in [0.5, 0.6) is 0 Å². The monoisotopic (exact) mass is 331 g/mol. The van der Waals surface area contributed by atoms with Gasteiger partial charge in [-0.3, -0.25) is 0 Å². The molecule has 0 aliphatic heterocycles. The number of rotatable bonds is 2. The van der Waals surface area contributed by atoms with E-state index in [9.17, 15) is 4.79 Å². The molecule has 25 heavy (non-hydrogen) atoms. The lowest BCUT2D eigenvalue weighted by Crippen LogP contribution is -2.07. The van der Waals surface area contributed by atoms with Gasteiger partial charge in [0.25, 0.3) is 0 Å². The predicted molar refractivity (Wildman–Crippen MR) is 103 cm³/mol. The first-order chi connectivity index (χ1) is 11.9. The third kappa shape index (κ3) is 3.75. The molecule has 0 bridgehead atoms. The molecule has 0 atom stereocenters. The van der Waals surface area contributed by atoms with Crippen molar-refractivity contribution in [3.63, 3.8) is 0 Å². The van der Waals surface area contributed by atoms with Gasteiger partial charge < -0.3 is 9.32 Å². The molecular formula is C22H21NO2. The van der Waals surface area contributed by atoms with Gasteiger partial charge >= 0.3 is 5.63 Å². The Morgan fingerprint density at radius 3 is 2.20 bits per heavy atom. The fourth-order valence-corrected chi connectivity index (χ4v) is 2.73. The highest BCUT2D eigenvalue weighted by atomic mass is 16.4. The van der Waals surface area contributed by atoms with Gasteiger partial charge in [-0.1, -0.05) is 25.7 Å². The molecule has 0 aliphatic rings. The van der Waals surface area contributed by atoms with E-state index in [1.54, 1.807) is 6.07 Å². The Bertz CT molecular complexity index is 1020. The molecule has 0 aliphatic carbocycles. The van der Waals surface area contributed by atoms with E-state index in [1.165, 1.54) is 0 Å². The summed E-state index contributed by atoms with van der Waals surface area (Å²) >= 11 is 0. The number of hydrogen-bond acceptors (Lipinski definition) is 3. The first-order valence-electron chi connectivity index (χ1n) is 8.31. The van der Waals surface area contributed by atoms with E-state index in [0.717, 1.165) is 27.8 Å². The van der Waals surface area contributed by atoms with Gasteiger partial charge in [0, 0.05) is 42.4 Å². The van der Waals surface area contributed by atoms with Crippen molar-refractivity contribution in [2.75, 3.05) is 19.0 Å². The molecule has 3 nitrogen and oxygen atoms in total. The van der Waals surface area contributed by atoms with Crippen LogP contribution in [0.3, 0.4) is 0 Å². The molecule has 0 saturated carbocycles. The summed E-state index contributed by atoms with van der Waals surface area (Å²) in [6, 6.07) is 15.4. The zero-order valence-corrected chi connectivity index (χ0v) is 15.0. The van der Waals surface area contributed by atoms with Gasteiger partial charge in [0.15, 0.2) is 0 Å². The van der Waals surface area contributed by atoms with Crippen molar-refractivity contribution >= 4 is 16.7 Å². The van der Waals surface area contributed by atoms with Crippen molar-refractivity contribution in [3.05, 3.63) is 75.6 Å². The number of nitrogens with zero attached hydrogens (tertiary/aromatic N) is 1. The van der Waals surface area contributed by atoms with Crippen molar-refractivity contribution in [1.82, 2.24) is 0 Å². The van der Waals surface area contributed by atoms with Gasteiger partial charge in [-0.05, 0) is 53.9 Å². The highest BCUT2D eigenvalue weighted by Crippen LogP contribution is 2.24. The normalized spacial score (nSPS) is 10.6. The molecular weight excluding hydrogens is 310 g/mol. The minimum atomic E-state index is -0.309. The second-order valence-corrected chi connectivity index (χ2v) is 6.58. The summed E-state index contributed by atoms with van der Waals surface area (Å²) in [6.07, 6.45) is 0. The minimum absolute atomic E-state index is 0.244. The summed E-state index contributed by atoms with van der Waals surface area (Å²) in [5, 5.41) is 0.948. The molecule has 1 aromatic heterocycles. The van der Waals surface area contributed by atoms with Crippen LogP contribution in [-0.2, 0) is 0 Å². The van der Waals surface area contributed by atoms with Crippen molar-refractivity contribution < 1.29 is 4.42 Å². The van der Waals surface area contributed by atoms with Crippen LogP contribution in [0.25, 0.3) is 11.0 Å². The van der Waals surface area contributed by atoms with Crippen molar-refractivity contribution in [2.45, 2.75) is 19.8 Å². The lowest BCUT2D eigenvalue weighted by Gasteiger charge is -2.11. The average Bonchev–Trinajstić information content (AvgIpc) is 2.59. The van der Waals surface area contributed by atoms with Crippen LogP contribution in [0, 0.1) is 11.8 Å². The number of fused-ring (bicyclic) bond motifs is 1. The zero-order valence-electron chi connectivity index (χ0n) is 15.0. The maximum Gasteiger partial charge on any atom is 0.336 e. The number of benzene rings is 2. The Morgan fingerprint density at radius 1 is 0.920 bits per heavy atom. The molecule has 3 rings (SSSR count). The SMILES string of the molecule is CC(C)c1cc(=O)oc2ccc(C#Cc3ccc(N(C)C)cc3)cc12. The molecule has 0 saturated heterocycles. The predicted octanol–water partition coefficient (Wildman–Crippen LogP) is 4.38. The van der Waals surface area contributed by atoms with Gasteiger partial charge in [-0.25, -0.2) is 4.79 Å². The van der Waals surface area contributed by atoms with Crippen LogP contribution in [0.1, 0.15) is 36.5 Å². The van der Waals surface area contributed by atoms with Crippen LogP contribution < -0.4 is 10.5 Å². The molecule has 0 radical (unpaired) electrons. The fourth-order valence-electron chi connectivity index (χ4n) is 2.73. The van der Waals surface area contributed by atoms with Crippen LogP contribution in [-0.4, -0.2) is 14.1 Å². The summed E-state index contributed by atoms with van der Waals surface area (Å²) in [5.74, 6) is 6.63. The van der Waals surface area contributed by atoms with Gasteiger partial charge in [0.1, 0.15) is 5.58 Å². The Morgan fingerprint density at radius 2 is 1.56 bits per heavy atom. The molecule has 0 N–H and O–H groups in total. The largest absolute Gasteiger partial charge is 0.423 e. The maximum atomic E-state index is 11.7. The van der Waals surface area contributed by atoms with Crippen molar-refractivity contribution in [2.24, 2.45) is 0 Å². The maximum absolute atomic E-state index is 11.7. The van der Waals surface area contributed by atoms with E-state index in [4.69, 9.17) is 4.42 Å². The Hall–Kier alpha value is -2.99. The van der Waals surface area contributed by atoms with Gasteiger partial charge in [0.05, 0.1) is 0 Å². The van der Waals surface area contributed by atoms with Gasteiger partial charge in [0.2, 0.25) is 0 Å². The first kappa shape index (κ1) is 16.9. The quantitative estimate of drug-likeness (QED) is 0.516. The summed E-state index contributed by atoms with van der Waals surface area (Å²) in [4.78, 5) is 13.7. The molecule has 0 fully saturated rings. The number of hydrogen-bond donors (Lipinski definition) is 0. The Labute approximate surface area is 147 Å². The Kier molecular flexibility index (Phi) is 4.63. The molecule has 126 valence electrons. The molecule has 0 amide bonds. The number of anilines is 1. The smallest absolute Gasteiger partial charge is 0.336 e. The van der Waals surface area contributed by atoms with Crippen molar-refractivity contribution in [1.29, 1.82) is 0 Å². The van der Waals surface area contributed by atoms with E-state index in [0.29, 0.717) is 5.58 Å². The third-order valence-corrected chi connectivity index (χ3v) is 4.13. The summed E-state index contributed by atoms with van der Waals surface area (Å²) in [5.41, 5.74) is 4.31. The summed E-state index contributed by atoms with van der Waals surface area (Å²) < 4.78 is 5.30. The Balaban J connectivity index is 1.99. The molecule has 0 spiro atoms. The van der Waals surface area contributed by atoms with Crippen LogP contribution in [0.4, 0.5) is 5.69 Å². The standard InChI is InChI=1S/C22H21NO2/c1-15(2)19-14-22(24)25-21-12-9-17(13-20(19)21)6-5-16-7-10-18(11-8-16)23(3)4/h7-15H,1-4H3. The van der Waals surface area contributed by atoms with Gasteiger partial charge in [-0.2, -0.15) is 0 Å². The zero-order chi connectivity index (χ0) is 18.0. The lowest BCUT2D eigenvalue weighted by molar-refractivity contribution is 0.557. The molecule has 3 heteroatoms. The summed E-state index contributed by atoms with van der Waals surface area (Å²) in [6.45, 7) is 4.14.